The summed E-state index contributed by atoms with van der Waals surface area (Å²) >= 11 is 0. The summed E-state index contributed by atoms with van der Waals surface area (Å²) in [6.45, 7) is 0. The summed E-state index contributed by atoms with van der Waals surface area (Å²) in [5, 5.41) is 2.52. The van der Waals surface area contributed by atoms with Gasteiger partial charge in [0.2, 0.25) is 0 Å². The Morgan fingerprint density at radius 1 is 0.828 bits per heavy atom. The van der Waals surface area contributed by atoms with Gasteiger partial charge in [-0.1, -0.05) is 24.3 Å². The second-order valence-corrected chi connectivity index (χ2v) is 7.31. The van der Waals surface area contributed by atoms with E-state index in [0.717, 1.165) is 12.1 Å². The molecule has 29 heavy (non-hydrogen) atoms. The molecule has 0 saturated heterocycles. The van der Waals surface area contributed by atoms with E-state index >= 15 is 0 Å². The molecule has 0 bridgehead atoms. The van der Waals surface area contributed by atoms with Gasteiger partial charge in [-0.25, -0.2) is 18.1 Å². The maximum absolute atomic E-state index is 14.0. The minimum atomic E-state index is -4.33. The summed E-state index contributed by atoms with van der Waals surface area (Å²) in [6.07, 6.45) is 0. The van der Waals surface area contributed by atoms with Gasteiger partial charge in [0.25, 0.3) is 0 Å². The Morgan fingerprint density at radius 3 is 1.76 bits per heavy atom. The van der Waals surface area contributed by atoms with E-state index in [1.54, 1.807) is 0 Å². The molecule has 0 unspecified atom stereocenters. The van der Waals surface area contributed by atoms with Gasteiger partial charge in [0, 0.05) is 5.69 Å². The van der Waals surface area contributed by atoms with Crippen molar-refractivity contribution in [2.45, 2.75) is 0 Å². The molecular weight excluding hydrogens is 403 g/mol. The molecule has 0 radical (unpaired) electrons. The number of hydrogen-bond donors (Lipinski definition) is 1. The molecular formula is C20H16F2NO5P. The lowest BCUT2D eigenvalue weighted by molar-refractivity contribution is 0.0600. The lowest BCUT2D eigenvalue weighted by atomic mass is 10.2. The molecule has 0 atom stereocenters. The number of benzene rings is 3. The van der Waals surface area contributed by atoms with E-state index in [1.165, 1.54) is 67.8 Å². The normalized spacial score (nSPS) is 10.9. The van der Waals surface area contributed by atoms with E-state index in [1.807, 2.05) is 0 Å². The van der Waals surface area contributed by atoms with Gasteiger partial charge in [-0.3, -0.25) is 5.09 Å². The van der Waals surface area contributed by atoms with Crippen molar-refractivity contribution in [3.05, 3.63) is 90.0 Å². The summed E-state index contributed by atoms with van der Waals surface area (Å²) in [5.74, 6) is -2.78. The van der Waals surface area contributed by atoms with E-state index in [9.17, 15) is 18.1 Å². The van der Waals surface area contributed by atoms with Crippen molar-refractivity contribution >= 4 is 19.4 Å². The summed E-state index contributed by atoms with van der Waals surface area (Å²) in [7, 11) is -3.09. The number of rotatable bonds is 7. The summed E-state index contributed by atoms with van der Waals surface area (Å²) in [4.78, 5) is 11.5. The van der Waals surface area contributed by atoms with Crippen LogP contribution in [0.15, 0.2) is 72.8 Å². The number of methoxy groups -OCH3 is 1. The van der Waals surface area contributed by atoms with Gasteiger partial charge in [-0.2, -0.15) is 0 Å². The first-order chi connectivity index (χ1) is 13.9. The molecule has 3 aromatic carbocycles. The Morgan fingerprint density at radius 2 is 1.31 bits per heavy atom. The Labute approximate surface area is 165 Å². The zero-order chi connectivity index (χ0) is 20.9. The fourth-order valence-corrected chi connectivity index (χ4v) is 3.73. The maximum atomic E-state index is 14.0. The van der Waals surface area contributed by atoms with Crippen molar-refractivity contribution in [3.8, 4) is 11.5 Å². The lowest BCUT2D eigenvalue weighted by Crippen LogP contribution is -2.11. The third-order valence-corrected chi connectivity index (χ3v) is 5.09. The van der Waals surface area contributed by atoms with Crippen LogP contribution in [0, 0.1) is 11.6 Å². The van der Waals surface area contributed by atoms with Gasteiger partial charge in [0.05, 0.1) is 12.7 Å². The molecule has 0 aliphatic heterocycles. The molecule has 0 spiro atoms. The van der Waals surface area contributed by atoms with Crippen LogP contribution < -0.4 is 14.1 Å². The average Bonchev–Trinajstić information content (AvgIpc) is 2.71. The van der Waals surface area contributed by atoms with Crippen LogP contribution in [0.1, 0.15) is 10.4 Å². The molecule has 0 heterocycles. The molecule has 9 heteroatoms. The van der Waals surface area contributed by atoms with E-state index in [2.05, 4.69) is 9.82 Å². The number of ether oxygens (including phenoxy) is 1. The number of nitrogens with one attached hydrogen (secondary N) is 1. The second-order valence-electron chi connectivity index (χ2n) is 5.72. The van der Waals surface area contributed by atoms with Gasteiger partial charge in [-0.15, -0.1) is 0 Å². The number of carbonyl (C=O) groups is 1. The quantitative estimate of drug-likeness (QED) is 0.407. The molecule has 1 N–H and O–H groups in total. The first-order valence-electron chi connectivity index (χ1n) is 8.35. The van der Waals surface area contributed by atoms with Crippen molar-refractivity contribution < 1.29 is 31.9 Å². The fraction of sp³-hybridized carbons (Fsp3) is 0.0500. The first kappa shape index (κ1) is 20.4. The molecule has 0 aromatic heterocycles. The monoisotopic (exact) mass is 419 g/mol. The number of anilines is 1. The molecule has 0 aliphatic rings. The molecule has 0 saturated carbocycles. The van der Waals surface area contributed by atoms with Crippen LogP contribution in [0.3, 0.4) is 0 Å². The molecule has 0 amide bonds. The highest BCUT2D eigenvalue weighted by Gasteiger charge is 2.31. The van der Waals surface area contributed by atoms with Gasteiger partial charge in [0.1, 0.15) is 0 Å². The third kappa shape index (κ3) is 5.12. The number of para-hydroxylation sites is 2. The zero-order valence-corrected chi connectivity index (χ0v) is 16.1. The largest absolute Gasteiger partial charge is 0.541 e. The van der Waals surface area contributed by atoms with Gasteiger partial charge >= 0.3 is 13.7 Å². The van der Waals surface area contributed by atoms with Crippen LogP contribution >= 0.6 is 7.75 Å². The lowest BCUT2D eigenvalue weighted by Gasteiger charge is -2.21. The Bertz CT molecular complexity index is 1010. The van der Waals surface area contributed by atoms with Gasteiger partial charge in [0.15, 0.2) is 23.1 Å². The van der Waals surface area contributed by atoms with E-state index in [-0.39, 0.29) is 22.7 Å². The van der Waals surface area contributed by atoms with E-state index in [4.69, 9.17) is 9.05 Å². The summed E-state index contributed by atoms with van der Waals surface area (Å²) in [5.41, 5.74) is 0.492. The Hall–Kier alpha value is -3.38. The standard InChI is InChI=1S/C20H16F2NO5P/c1-26-20(24)14-10-12-15(13-11-14)23-29(25,27-18-8-4-2-6-16(18)21)28-19-9-5-3-7-17(19)22/h2-13H,1H3,(H,23,25). The number of halogens is 2. The van der Waals surface area contributed by atoms with Crippen LogP contribution in [-0.4, -0.2) is 13.1 Å². The van der Waals surface area contributed by atoms with Gasteiger partial charge < -0.3 is 13.8 Å². The minimum absolute atomic E-state index is 0.230. The molecule has 6 nitrogen and oxygen atoms in total. The second kappa shape index (κ2) is 8.75. The third-order valence-electron chi connectivity index (χ3n) is 3.68. The van der Waals surface area contributed by atoms with Crippen molar-refractivity contribution in [2.75, 3.05) is 12.2 Å². The van der Waals surface area contributed by atoms with E-state index < -0.39 is 25.4 Å². The summed E-state index contributed by atoms with van der Waals surface area (Å²) < 4.78 is 56.5. The van der Waals surface area contributed by atoms with Crippen molar-refractivity contribution in [1.82, 2.24) is 0 Å². The van der Waals surface area contributed by atoms with Crippen molar-refractivity contribution in [1.29, 1.82) is 0 Å². The number of esters is 1. The number of carbonyl (C=O) groups excluding carboxylic acids is 1. The van der Waals surface area contributed by atoms with Crippen LogP contribution in [0.5, 0.6) is 11.5 Å². The zero-order valence-electron chi connectivity index (χ0n) is 15.2. The fourth-order valence-electron chi connectivity index (χ4n) is 2.32. The Kier molecular flexibility index (Phi) is 6.14. The molecule has 0 fully saturated rings. The van der Waals surface area contributed by atoms with Crippen molar-refractivity contribution in [2.24, 2.45) is 0 Å². The van der Waals surface area contributed by atoms with Crippen LogP contribution in [-0.2, 0) is 9.30 Å². The Balaban J connectivity index is 1.92. The molecule has 150 valence electrons. The van der Waals surface area contributed by atoms with Gasteiger partial charge in [-0.05, 0) is 48.5 Å². The van der Waals surface area contributed by atoms with Crippen LogP contribution in [0.25, 0.3) is 0 Å². The minimum Gasteiger partial charge on any atom is -0.465 e. The highest BCUT2D eigenvalue weighted by molar-refractivity contribution is 7.56. The average molecular weight is 419 g/mol. The SMILES string of the molecule is COC(=O)c1ccc(NP(=O)(Oc2ccccc2F)Oc2ccccc2F)cc1. The smallest absolute Gasteiger partial charge is 0.465 e. The van der Waals surface area contributed by atoms with E-state index in [0.29, 0.717) is 0 Å². The van der Waals surface area contributed by atoms with Crippen LogP contribution in [0.4, 0.5) is 14.5 Å². The molecule has 3 aromatic rings. The highest BCUT2D eigenvalue weighted by atomic mass is 31.2. The molecule has 3 rings (SSSR count). The predicted octanol–water partition coefficient (Wildman–Crippen LogP) is 5.43. The molecule has 0 aliphatic carbocycles. The van der Waals surface area contributed by atoms with Crippen LogP contribution in [0.2, 0.25) is 0 Å². The topological polar surface area (TPSA) is 73.9 Å². The summed E-state index contributed by atoms with van der Waals surface area (Å²) in [6, 6.07) is 16.3. The van der Waals surface area contributed by atoms with Crippen molar-refractivity contribution in [3.63, 3.8) is 0 Å². The first-order valence-corrected chi connectivity index (χ1v) is 9.89. The highest BCUT2D eigenvalue weighted by Crippen LogP contribution is 2.49. The number of hydrogen-bond acceptors (Lipinski definition) is 5. The maximum Gasteiger partial charge on any atom is 0.541 e. The predicted molar refractivity (Wildman–Crippen MR) is 103 cm³/mol.